The molecule has 2 heterocycles. The predicted octanol–water partition coefficient (Wildman–Crippen LogP) is 3.50. The fourth-order valence-corrected chi connectivity index (χ4v) is 3.97. The van der Waals surface area contributed by atoms with E-state index in [4.69, 9.17) is 0 Å². The maximum absolute atomic E-state index is 3.75. The third kappa shape index (κ3) is 2.64. The molecule has 1 aromatic rings. The number of benzene rings is 1. The minimum absolute atomic E-state index is 0.583. The van der Waals surface area contributed by atoms with Crippen LogP contribution in [0.1, 0.15) is 54.0 Å². The molecule has 2 aliphatic heterocycles. The third-order valence-electron chi connectivity index (χ3n) is 5.21. The molecule has 0 amide bonds. The molecule has 0 bridgehead atoms. The van der Waals surface area contributed by atoms with Crippen molar-refractivity contribution in [2.24, 2.45) is 0 Å². The van der Waals surface area contributed by atoms with Gasteiger partial charge in [0.1, 0.15) is 0 Å². The Hall–Kier alpha value is -0.860. The van der Waals surface area contributed by atoms with E-state index in [1.54, 1.807) is 5.56 Å². The van der Waals surface area contributed by atoms with Gasteiger partial charge in [0, 0.05) is 6.04 Å². The largest absolute Gasteiger partial charge is 0.312 e. The lowest BCUT2D eigenvalue weighted by molar-refractivity contribution is 0.201. The van der Waals surface area contributed by atoms with Gasteiger partial charge >= 0.3 is 0 Å². The second kappa shape index (κ2) is 5.87. The monoisotopic (exact) mass is 272 g/mol. The highest BCUT2D eigenvalue weighted by Crippen LogP contribution is 2.34. The van der Waals surface area contributed by atoms with Gasteiger partial charge in [-0.05, 0) is 88.3 Å². The molecule has 2 atom stereocenters. The van der Waals surface area contributed by atoms with Gasteiger partial charge in [-0.3, -0.25) is 4.90 Å². The molecule has 3 rings (SSSR count). The van der Waals surface area contributed by atoms with Crippen molar-refractivity contribution in [2.45, 2.75) is 58.5 Å². The van der Waals surface area contributed by atoms with Crippen LogP contribution < -0.4 is 5.32 Å². The molecule has 2 heteroatoms. The lowest BCUT2D eigenvalue weighted by atomic mass is 9.90. The minimum Gasteiger partial charge on any atom is -0.312 e. The fraction of sp³-hybridized carbons (Fsp3) is 0.667. The van der Waals surface area contributed by atoms with E-state index >= 15 is 0 Å². The van der Waals surface area contributed by atoms with Crippen LogP contribution >= 0.6 is 0 Å². The van der Waals surface area contributed by atoms with Crippen molar-refractivity contribution in [3.63, 3.8) is 0 Å². The van der Waals surface area contributed by atoms with Crippen molar-refractivity contribution >= 4 is 0 Å². The number of aryl methyl sites for hydroxylation is 3. The number of rotatable bonds is 3. The molecule has 20 heavy (non-hydrogen) atoms. The lowest BCUT2D eigenvalue weighted by Gasteiger charge is -2.34. The maximum Gasteiger partial charge on any atom is 0.0504 e. The first-order valence-corrected chi connectivity index (χ1v) is 8.22. The molecule has 2 fully saturated rings. The van der Waals surface area contributed by atoms with Crippen molar-refractivity contribution in [1.29, 1.82) is 0 Å². The molecule has 2 nitrogen and oxygen atoms in total. The highest BCUT2D eigenvalue weighted by molar-refractivity contribution is 5.39. The Kier molecular flexibility index (Phi) is 4.13. The minimum atomic E-state index is 0.583. The summed E-state index contributed by atoms with van der Waals surface area (Å²) in [6.07, 6.45) is 5.40. The van der Waals surface area contributed by atoms with E-state index in [2.05, 4.69) is 43.1 Å². The molecule has 110 valence electrons. The Morgan fingerprint density at radius 2 is 1.70 bits per heavy atom. The summed E-state index contributed by atoms with van der Waals surface area (Å²) in [5.74, 6) is 0. The van der Waals surface area contributed by atoms with E-state index in [1.165, 1.54) is 62.0 Å². The molecule has 0 aromatic heterocycles. The quantitative estimate of drug-likeness (QED) is 0.906. The van der Waals surface area contributed by atoms with Crippen LogP contribution in [0.2, 0.25) is 0 Å². The van der Waals surface area contributed by atoms with Gasteiger partial charge in [0.2, 0.25) is 0 Å². The molecule has 1 aromatic carbocycles. The fourth-order valence-electron chi connectivity index (χ4n) is 3.97. The average molecular weight is 272 g/mol. The summed E-state index contributed by atoms with van der Waals surface area (Å²) in [5.41, 5.74) is 5.90. The Morgan fingerprint density at radius 1 is 1.00 bits per heavy atom. The van der Waals surface area contributed by atoms with Crippen molar-refractivity contribution < 1.29 is 0 Å². The highest BCUT2D eigenvalue weighted by Gasteiger charge is 2.33. The molecule has 0 aliphatic carbocycles. The first-order chi connectivity index (χ1) is 9.66. The zero-order valence-electron chi connectivity index (χ0n) is 13.2. The molecular formula is C18H28N2. The molecule has 2 saturated heterocycles. The number of hydrogen-bond donors (Lipinski definition) is 1. The molecule has 0 saturated carbocycles. The Balaban J connectivity index is 1.97. The second-order valence-corrected chi connectivity index (χ2v) is 6.68. The summed E-state index contributed by atoms with van der Waals surface area (Å²) in [5, 5.41) is 3.75. The predicted molar refractivity (Wildman–Crippen MR) is 85.2 cm³/mol. The molecule has 0 radical (unpaired) electrons. The van der Waals surface area contributed by atoms with Gasteiger partial charge in [-0.2, -0.15) is 0 Å². The van der Waals surface area contributed by atoms with Crippen LogP contribution in [-0.2, 0) is 0 Å². The van der Waals surface area contributed by atoms with E-state index in [9.17, 15) is 0 Å². The zero-order valence-corrected chi connectivity index (χ0v) is 13.2. The van der Waals surface area contributed by atoms with Crippen molar-refractivity contribution in [1.82, 2.24) is 10.2 Å². The number of likely N-dealkylation sites (tertiary alicyclic amines) is 1. The molecule has 1 N–H and O–H groups in total. The zero-order chi connectivity index (χ0) is 14.1. The van der Waals surface area contributed by atoms with Gasteiger partial charge in [-0.1, -0.05) is 12.1 Å². The van der Waals surface area contributed by atoms with Crippen LogP contribution in [0.3, 0.4) is 0 Å². The van der Waals surface area contributed by atoms with Crippen LogP contribution in [0.15, 0.2) is 12.1 Å². The van der Waals surface area contributed by atoms with Gasteiger partial charge in [-0.15, -0.1) is 0 Å². The molecule has 2 unspecified atom stereocenters. The van der Waals surface area contributed by atoms with Gasteiger partial charge in [0.15, 0.2) is 0 Å². The van der Waals surface area contributed by atoms with Gasteiger partial charge in [0.05, 0.1) is 6.04 Å². The first-order valence-electron chi connectivity index (χ1n) is 8.22. The summed E-state index contributed by atoms with van der Waals surface area (Å²) in [6, 6.07) is 6.06. The summed E-state index contributed by atoms with van der Waals surface area (Å²) in [7, 11) is 0. The standard InChI is InChI=1S/C18H28N2/c1-13-11-15(3)16(12-14(13)2)18(17-7-6-8-19-17)20-9-4-5-10-20/h11-12,17-19H,4-10H2,1-3H3. The summed E-state index contributed by atoms with van der Waals surface area (Å²) < 4.78 is 0. The van der Waals surface area contributed by atoms with E-state index in [-0.39, 0.29) is 0 Å². The van der Waals surface area contributed by atoms with E-state index in [1.807, 2.05) is 0 Å². The number of hydrogen-bond acceptors (Lipinski definition) is 2. The molecular weight excluding hydrogens is 244 g/mol. The van der Waals surface area contributed by atoms with Crippen molar-refractivity contribution in [3.8, 4) is 0 Å². The Bertz CT molecular complexity index is 453. The van der Waals surface area contributed by atoms with Crippen molar-refractivity contribution in [3.05, 3.63) is 34.4 Å². The molecule has 0 spiro atoms. The van der Waals surface area contributed by atoms with Crippen LogP contribution in [0.4, 0.5) is 0 Å². The number of nitrogens with one attached hydrogen (secondary N) is 1. The summed E-state index contributed by atoms with van der Waals surface area (Å²) in [4.78, 5) is 2.72. The van der Waals surface area contributed by atoms with E-state index in [0.29, 0.717) is 12.1 Å². The number of nitrogens with zero attached hydrogens (tertiary/aromatic N) is 1. The SMILES string of the molecule is Cc1cc(C)c(C(C2CCCN2)N2CCCC2)cc1C. The van der Waals surface area contributed by atoms with Crippen LogP contribution in [0, 0.1) is 20.8 Å². The Morgan fingerprint density at radius 3 is 2.35 bits per heavy atom. The maximum atomic E-state index is 3.75. The summed E-state index contributed by atoms with van der Waals surface area (Å²) in [6.45, 7) is 10.5. The Labute approximate surface area is 123 Å². The van der Waals surface area contributed by atoms with E-state index in [0.717, 1.165) is 0 Å². The van der Waals surface area contributed by atoms with Crippen LogP contribution in [0.25, 0.3) is 0 Å². The molecule has 2 aliphatic rings. The van der Waals surface area contributed by atoms with Crippen LogP contribution in [0.5, 0.6) is 0 Å². The van der Waals surface area contributed by atoms with Gasteiger partial charge in [-0.25, -0.2) is 0 Å². The second-order valence-electron chi connectivity index (χ2n) is 6.68. The lowest BCUT2D eigenvalue weighted by Crippen LogP contribution is -2.40. The van der Waals surface area contributed by atoms with Gasteiger partial charge < -0.3 is 5.32 Å². The highest BCUT2D eigenvalue weighted by atomic mass is 15.2. The third-order valence-corrected chi connectivity index (χ3v) is 5.21. The topological polar surface area (TPSA) is 15.3 Å². The normalized spacial score (nSPS) is 25.2. The van der Waals surface area contributed by atoms with E-state index < -0.39 is 0 Å². The van der Waals surface area contributed by atoms with Gasteiger partial charge in [0.25, 0.3) is 0 Å². The van der Waals surface area contributed by atoms with Crippen molar-refractivity contribution in [2.75, 3.05) is 19.6 Å². The smallest absolute Gasteiger partial charge is 0.0504 e. The first kappa shape index (κ1) is 14.1. The average Bonchev–Trinajstić information content (AvgIpc) is 3.09. The summed E-state index contributed by atoms with van der Waals surface area (Å²) >= 11 is 0. The van der Waals surface area contributed by atoms with Crippen LogP contribution in [-0.4, -0.2) is 30.6 Å².